The molecule has 1 N–H and O–H groups in total. The summed E-state index contributed by atoms with van der Waals surface area (Å²) in [5.74, 6) is 3.50. The average molecular weight is 551 g/mol. The van der Waals surface area contributed by atoms with E-state index in [0.717, 1.165) is 60.0 Å². The van der Waals surface area contributed by atoms with Gasteiger partial charge in [-0.25, -0.2) is 4.98 Å². The van der Waals surface area contributed by atoms with Gasteiger partial charge in [-0.2, -0.15) is 0 Å². The van der Waals surface area contributed by atoms with Gasteiger partial charge in [-0.3, -0.25) is 4.99 Å². The van der Waals surface area contributed by atoms with Crippen molar-refractivity contribution in [3.05, 3.63) is 35.3 Å². The molecule has 1 heterocycles. The van der Waals surface area contributed by atoms with Gasteiger partial charge >= 0.3 is 0 Å². The maximum atomic E-state index is 5.39. The van der Waals surface area contributed by atoms with Gasteiger partial charge in [0, 0.05) is 44.0 Å². The molecular weight excluding hydrogens is 519 g/mol. The lowest BCUT2D eigenvalue weighted by atomic mass is 10.1. The number of halogens is 1. The maximum Gasteiger partial charge on any atom is 0.193 e. The van der Waals surface area contributed by atoms with Crippen molar-refractivity contribution in [1.82, 2.24) is 15.2 Å². The molecule has 2 aromatic rings. The second kappa shape index (κ2) is 14.7. The molecule has 0 bridgehead atoms. The lowest BCUT2D eigenvalue weighted by Crippen LogP contribution is -2.40. The van der Waals surface area contributed by atoms with Gasteiger partial charge in [0.05, 0.1) is 14.2 Å². The molecule has 0 amide bonds. The van der Waals surface area contributed by atoms with Gasteiger partial charge in [-0.15, -0.1) is 35.3 Å². The number of nitrogens with one attached hydrogen (secondary N) is 1. The quantitative estimate of drug-likeness (QED) is 0.147. The number of likely N-dealkylation sites (N-methyl/N-ethyl adjacent to an activating group) is 1. The number of methoxy groups -OCH3 is 2. The maximum absolute atomic E-state index is 5.39. The molecule has 0 saturated heterocycles. The highest BCUT2D eigenvalue weighted by Gasteiger charge is 2.08. The minimum Gasteiger partial charge on any atom is -0.493 e. The van der Waals surface area contributed by atoms with Crippen LogP contribution in [0.4, 0.5) is 0 Å². The van der Waals surface area contributed by atoms with Crippen molar-refractivity contribution < 1.29 is 9.47 Å². The number of rotatable bonds is 11. The van der Waals surface area contributed by atoms with Crippen molar-refractivity contribution in [2.24, 2.45) is 4.99 Å². The molecule has 0 aliphatic carbocycles. The Morgan fingerprint density at radius 2 is 2.07 bits per heavy atom. The van der Waals surface area contributed by atoms with Crippen LogP contribution < -0.4 is 14.8 Å². The Kier molecular flexibility index (Phi) is 13.1. The summed E-state index contributed by atoms with van der Waals surface area (Å²) in [6.45, 7) is 4.62. The van der Waals surface area contributed by atoms with Crippen molar-refractivity contribution in [3.8, 4) is 11.5 Å². The average Bonchev–Trinajstić information content (AvgIpc) is 3.24. The third kappa shape index (κ3) is 9.00. The molecule has 2 rings (SSSR count). The number of ether oxygens (including phenoxy) is 2. The van der Waals surface area contributed by atoms with Crippen LogP contribution >= 0.6 is 47.1 Å². The van der Waals surface area contributed by atoms with E-state index >= 15 is 0 Å². The Morgan fingerprint density at radius 3 is 2.72 bits per heavy atom. The van der Waals surface area contributed by atoms with E-state index in [9.17, 15) is 0 Å². The topological polar surface area (TPSA) is 59.0 Å². The molecule has 0 spiro atoms. The zero-order chi connectivity index (χ0) is 20.2. The van der Waals surface area contributed by atoms with E-state index < -0.39 is 0 Å². The summed E-state index contributed by atoms with van der Waals surface area (Å²) in [5.41, 5.74) is 1.21. The third-order valence-corrected chi connectivity index (χ3v) is 6.13. The first-order chi connectivity index (χ1) is 13.7. The first kappa shape index (κ1) is 25.8. The van der Waals surface area contributed by atoms with E-state index in [-0.39, 0.29) is 24.0 Å². The van der Waals surface area contributed by atoms with Gasteiger partial charge in [0.15, 0.2) is 17.5 Å². The SMILES string of the molecule is CCNC(=NCCCSc1nccs1)N(C)CCc1ccc(OC)c(OC)c1.I. The number of guanidine groups is 1. The zero-order valence-corrected chi connectivity index (χ0v) is 21.5. The van der Waals surface area contributed by atoms with E-state index in [0.29, 0.717) is 0 Å². The van der Waals surface area contributed by atoms with Crippen molar-refractivity contribution >= 4 is 53.0 Å². The summed E-state index contributed by atoms with van der Waals surface area (Å²) in [7, 11) is 5.39. The second-order valence-electron chi connectivity index (χ2n) is 6.10. The molecule has 9 heteroatoms. The third-order valence-electron chi connectivity index (χ3n) is 4.08. The summed E-state index contributed by atoms with van der Waals surface area (Å²) >= 11 is 3.48. The number of thioether (sulfide) groups is 1. The fourth-order valence-corrected chi connectivity index (χ4v) is 4.23. The molecule has 162 valence electrons. The van der Waals surface area contributed by atoms with Crippen molar-refractivity contribution in [1.29, 1.82) is 0 Å². The summed E-state index contributed by atoms with van der Waals surface area (Å²) in [6.07, 6.45) is 3.78. The monoisotopic (exact) mass is 550 g/mol. The molecule has 1 aromatic carbocycles. The predicted molar refractivity (Wildman–Crippen MR) is 135 cm³/mol. The van der Waals surface area contributed by atoms with Gasteiger partial charge in [0.1, 0.15) is 4.34 Å². The Bertz CT molecular complexity index is 729. The number of benzene rings is 1. The van der Waals surface area contributed by atoms with Gasteiger partial charge in [-0.05, 0) is 37.5 Å². The molecule has 29 heavy (non-hydrogen) atoms. The lowest BCUT2D eigenvalue weighted by molar-refractivity contribution is 0.354. The summed E-state index contributed by atoms with van der Waals surface area (Å²) in [6, 6.07) is 6.06. The molecular formula is C20H31IN4O2S2. The van der Waals surface area contributed by atoms with Crippen LogP contribution in [0.15, 0.2) is 39.1 Å². The Hall–Kier alpha value is -1.20. The van der Waals surface area contributed by atoms with Crippen LogP contribution in [0.3, 0.4) is 0 Å². The minimum atomic E-state index is 0. The van der Waals surface area contributed by atoms with Crippen LogP contribution in [0.1, 0.15) is 18.9 Å². The van der Waals surface area contributed by atoms with E-state index in [4.69, 9.17) is 14.5 Å². The zero-order valence-electron chi connectivity index (χ0n) is 17.5. The fourth-order valence-electron chi connectivity index (χ4n) is 2.60. The molecule has 0 radical (unpaired) electrons. The van der Waals surface area contributed by atoms with Gasteiger partial charge in [0.25, 0.3) is 0 Å². The minimum absolute atomic E-state index is 0. The van der Waals surface area contributed by atoms with Crippen LogP contribution in [0.5, 0.6) is 11.5 Å². The first-order valence-corrected chi connectivity index (χ1v) is 11.3. The molecule has 0 atom stereocenters. The van der Waals surface area contributed by atoms with E-state index in [2.05, 4.69) is 35.2 Å². The smallest absolute Gasteiger partial charge is 0.193 e. The number of hydrogen-bond acceptors (Lipinski definition) is 6. The van der Waals surface area contributed by atoms with E-state index in [1.54, 1.807) is 37.3 Å². The molecule has 6 nitrogen and oxygen atoms in total. The Morgan fingerprint density at radius 1 is 1.28 bits per heavy atom. The molecule has 0 aliphatic rings. The predicted octanol–water partition coefficient (Wildman–Crippen LogP) is 4.40. The highest BCUT2D eigenvalue weighted by atomic mass is 127. The highest BCUT2D eigenvalue weighted by molar-refractivity contribution is 14.0. The molecule has 0 fully saturated rings. The van der Waals surface area contributed by atoms with Crippen molar-refractivity contribution in [3.63, 3.8) is 0 Å². The molecule has 0 unspecified atom stereocenters. The number of nitrogens with zero attached hydrogens (tertiary/aromatic N) is 3. The van der Waals surface area contributed by atoms with E-state index in [1.807, 2.05) is 23.7 Å². The van der Waals surface area contributed by atoms with E-state index in [1.165, 1.54) is 5.56 Å². The van der Waals surface area contributed by atoms with Crippen LogP contribution in [0.2, 0.25) is 0 Å². The molecule has 0 saturated carbocycles. The summed E-state index contributed by atoms with van der Waals surface area (Å²) in [5, 5.41) is 5.39. The largest absolute Gasteiger partial charge is 0.493 e. The second-order valence-corrected chi connectivity index (χ2v) is 8.33. The van der Waals surface area contributed by atoms with Crippen molar-refractivity contribution in [2.45, 2.75) is 24.1 Å². The lowest BCUT2D eigenvalue weighted by Gasteiger charge is -2.22. The Labute approximate surface area is 199 Å². The van der Waals surface area contributed by atoms with Crippen molar-refractivity contribution in [2.75, 3.05) is 46.7 Å². The fraction of sp³-hybridized carbons (Fsp3) is 0.500. The number of aliphatic imine (C=N–C) groups is 1. The van der Waals surface area contributed by atoms with Crippen LogP contribution in [0, 0.1) is 0 Å². The van der Waals surface area contributed by atoms with Gasteiger partial charge in [-0.1, -0.05) is 17.8 Å². The Balaban J connectivity index is 0.00000420. The van der Waals surface area contributed by atoms with Crippen LogP contribution in [-0.2, 0) is 6.42 Å². The summed E-state index contributed by atoms with van der Waals surface area (Å²) in [4.78, 5) is 11.2. The van der Waals surface area contributed by atoms with Crippen LogP contribution in [0.25, 0.3) is 0 Å². The number of thiazole rings is 1. The summed E-state index contributed by atoms with van der Waals surface area (Å²) < 4.78 is 11.8. The van der Waals surface area contributed by atoms with Gasteiger partial charge in [0.2, 0.25) is 0 Å². The highest BCUT2D eigenvalue weighted by Crippen LogP contribution is 2.27. The molecule has 0 aliphatic heterocycles. The first-order valence-electron chi connectivity index (χ1n) is 9.40. The number of hydrogen-bond donors (Lipinski definition) is 1. The normalized spacial score (nSPS) is 11.0. The standard InChI is InChI=1S/C20H30N4O2S2.HI/c1-5-21-19(22-10-6-13-27-20-23-11-14-28-20)24(2)12-9-16-7-8-17(25-3)18(15-16)26-4;/h7-8,11,14-15H,5-6,9-10,12-13H2,1-4H3,(H,21,22);1H. The van der Waals surface area contributed by atoms with Crippen LogP contribution in [-0.4, -0.2) is 62.5 Å². The van der Waals surface area contributed by atoms with Gasteiger partial charge < -0.3 is 19.7 Å². The molecule has 1 aromatic heterocycles. The number of aromatic nitrogens is 1.